The third-order valence-electron chi connectivity index (χ3n) is 5.00. The molecule has 1 unspecified atom stereocenters. The van der Waals surface area contributed by atoms with Crippen LogP contribution in [0.5, 0.6) is 0 Å². The fourth-order valence-electron chi connectivity index (χ4n) is 3.50. The number of fused-ring (bicyclic) bond motifs is 2. The summed E-state index contributed by atoms with van der Waals surface area (Å²) in [5.74, 6) is 0.219. The number of carbonyl (C=O) groups is 2. The summed E-state index contributed by atoms with van der Waals surface area (Å²) in [7, 11) is 0. The second kappa shape index (κ2) is 8.66. The number of carbonyl (C=O) groups excluding carboxylic acids is 2. The zero-order valence-electron chi connectivity index (χ0n) is 15.8. The molecular formula is C23H21FN2O2S. The van der Waals surface area contributed by atoms with Gasteiger partial charge in [-0.05, 0) is 53.1 Å². The Morgan fingerprint density at radius 2 is 1.86 bits per heavy atom. The number of hydrogen-bond acceptors (Lipinski definition) is 3. The minimum absolute atomic E-state index is 0.157. The summed E-state index contributed by atoms with van der Waals surface area (Å²) < 4.78 is 13.6. The van der Waals surface area contributed by atoms with Crippen molar-refractivity contribution >= 4 is 34.3 Å². The van der Waals surface area contributed by atoms with E-state index in [4.69, 9.17) is 0 Å². The Morgan fingerprint density at radius 1 is 1.03 bits per heavy atom. The first-order chi connectivity index (χ1) is 14.1. The molecule has 2 amide bonds. The van der Waals surface area contributed by atoms with Crippen molar-refractivity contribution in [2.24, 2.45) is 0 Å². The maximum absolute atomic E-state index is 13.6. The largest absolute Gasteiger partial charge is 0.352 e. The van der Waals surface area contributed by atoms with E-state index in [0.29, 0.717) is 5.56 Å². The molecule has 148 valence electrons. The summed E-state index contributed by atoms with van der Waals surface area (Å²) in [5, 5.41) is 7.84. The van der Waals surface area contributed by atoms with Gasteiger partial charge in [-0.15, -0.1) is 11.8 Å². The number of hydrogen-bond donors (Lipinski definition) is 2. The number of thioether (sulfide) groups is 1. The molecule has 0 saturated heterocycles. The SMILES string of the molecule is O=C(CCNC(=O)c1ccc2ccccc2c1)NC1CCSc2ccc(F)cc21. The number of nitrogens with one attached hydrogen (secondary N) is 2. The van der Waals surface area contributed by atoms with Crippen molar-refractivity contribution < 1.29 is 14.0 Å². The molecule has 1 aliphatic rings. The van der Waals surface area contributed by atoms with E-state index in [1.54, 1.807) is 23.9 Å². The average molecular weight is 408 g/mol. The summed E-state index contributed by atoms with van der Waals surface area (Å²) in [6.45, 7) is 0.245. The molecule has 0 spiro atoms. The number of benzene rings is 3. The lowest BCUT2D eigenvalue weighted by atomic mass is 10.0. The Morgan fingerprint density at radius 3 is 2.72 bits per heavy atom. The molecule has 0 fully saturated rings. The lowest BCUT2D eigenvalue weighted by molar-refractivity contribution is -0.121. The van der Waals surface area contributed by atoms with Crippen LogP contribution in [-0.2, 0) is 4.79 Å². The highest BCUT2D eigenvalue weighted by atomic mass is 32.2. The molecule has 1 aliphatic heterocycles. The molecular weight excluding hydrogens is 387 g/mol. The molecule has 3 aromatic rings. The van der Waals surface area contributed by atoms with Crippen LogP contribution in [-0.4, -0.2) is 24.1 Å². The van der Waals surface area contributed by atoms with E-state index in [9.17, 15) is 14.0 Å². The molecule has 0 radical (unpaired) electrons. The van der Waals surface area contributed by atoms with Crippen molar-refractivity contribution in [2.45, 2.75) is 23.8 Å². The van der Waals surface area contributed by atoms with Crippen molar-refractivity contribution in [3.05, 3.63) is 77.6 Å². The Balaban J connectivity index is 1.31. The van der Waals surface area contributed by atoms with Gasteiger partial charge in [0, 0.05) is 29.2 Å². The Kier molecular flexibility index (Phi) is 5.81. The van der Waals surface area contributed by atoms with Gasteiger partial charge in [-0.3, -0.25) is 9.59 Å². The van der Waals surface area contributed by atoms with Crippen LogP contribution in [0.1, 0.15) is 34.8 Å². The van der Waals surface area contributed by atoms with E-state index in [0.717, 1.165) is 33.4 Å². The molecule has 0 bridgehead atoms. The minimum atomic E-state index is -0.298. The van der Waals surface area contributed by atoms with Gasteiger partial charge in [0.1, 0.15) is 5.82 Å². The van der Waals surface area contributed by atoms with Crippen LogP contribution in [0, 0.1) is 5.82 Å². The fraction of sp³-hybridized carbons (Fsp3) is 0.217. The molecule has 3 aromatic carbocycles. The smallest absolute Gasteiger partial charge is 0.251 e. The van der Waals surface area contributed by atoms with E-state index >= 15 is 0 Å². The third-order valence-corrected chi connectivity index (χ3v) is 6.12. The van der Waals surface area contributed by atoms with E-state index in [2.05, 4.69) is 10.6 Å². The van der Waals surface area contributed by atoms with Gasteiger partial charge in [0.15, 0.2) is 0 Å². The first-order valence-corrected chi connectivity index (χ1v) is 10.6. The van der Waals surface area contributed by atoms with Crippen molar-refractivity contribution in [2.75, 3.05) is 12.3 Å². The Hall–Kier alpha value is -2.86. The van der Waals surface area contributed by atoms with E-state index in [1.807, 2.05) is 36.4 Å². The maximum Gasteiger partial charge on any atom is 0.251 e. The van der Waals surface area contributed by atoms with Gasteiger partial charge < -0.3 is 10.6 Å². The standard InChI is InChI=1S/C23H21FN2O2S/c24-18-7-8-21-19(14-18)20(10-12-29-21)26-22(27)9-11-25-23(28)17-6-5-15-3-1-2-4-16(15)13-17/h1-8,13-14,20H,9-12H2,(H,25,28)(H,26,27). The Labute approximate surface area is 172 Å². The van der Waals surface area contributed by atoms with Crippen molar-refractivity contribution in [1.29, 1.82) is 0 Å². The van der Waals surface area contributed by atoms with E-state index in [1.165, 1.54) is 12.1 Å². The number of halogens is 1. The molecule has 2 N–H and O–H groups in total. The highest BCUT2D eigenvalue weighted by Gasteiger charge is 2.22. The van der Waals surface area contributed by atoms with Crippen LogP contribution in [0.25, 0.3) is 10.8 Å². The van der Waals surface area contributed by atoms with Gasteiger partial charge in [-0.2, -0.15) is 0 Å². The lowest BCUT2D eigenvalue weighted by Crippen LogP contribution is -2.34. The van der Waals surface area contributed by atoms with Gasteiger partial charge in [0.2, 0.25) is 5.91 Å². The summed E-state index contributed by atoms with van der Waals surface area (Å²) in [6.07, 6.45) is 0.934. The fourth-order valence-corrected chi connectivity index (χ4v) is 4.61. The van der Waals surface area contributed by atoms with Gasteiger partial charge in [-0.25, -0.2) is 4.39 Å². The van der Waals surface area contributed by atoms with Crippen LogP contribution < -0.4 is 10.6 Å². The average Bonchev–Trinajstić information content (AvgIpc) is 2.73. The van der Waals surface area contributed by atoms with Gasteiger partial charge in [-0.1, -0.05) is 30.3 Å². The molecule has 0 saturated carbocycles. The summed E-state index contributed by atoms with van der Waals surface area (Å²) >= 11 is 1.67. The number of amides is 2. The van der Waals surface area contributed by atoms with Crippen molar-refractivity contribution in [1.82, 2.24) is 10.6 Å². The topological polar surface area (TPSA) is 58.2 Å². The van der Waals surface area contributed by atoms with Gasteiger partial charge in [0.05, 0.1) is 6.04 Å². The first kappa shape index (κ1) is 19.5. The third kappa shape index (κ3) is 4.59. The van der Waals surface area contributed by atoms with Crippen molar-refractivity contribution in [3.63, 3.8) is 0 Å². The Bertz CT molecular complexity index is 1070. The quantitative estimate of drug-likeness (QED) is 0.656. The second-order valence-electron chi connectivity index (χ2n) is 7.01. The molecule has 0 aliphatic carbocycles. The monoisotopic (exact) mass is 408 g/mol. The summed E-state index contributed by atoms with van der Waals surface area (Å²) in [4.78, 5) is 25.7. The summed E-state index contributed by atoms with van der Waals surface area (Å²) in [6, 6.07) is 17.9. The molecule has 1 heterocycles. The van der Waals surface area contributed by atoms with Crippen LogP contribution in [0.15, 0.2) is 65.6 Å². The van der Waals surface area contributed by atoms with E-state index in [-0.39, 0.29) is 36.6 Å². The predicted molar refractivity (Wildman–Crippen MR) is 114 cm³/mol. The van der Waals surface area contributed by atoms with Crippen LogP contribution in [0.2, 0.25) is 0 Å². The van der Waals surface area contributed by atoms with Gasteiger partial charge in [0.25, 0.3) is 5.91 Å². The lowest BCUT2D eigenvalue weighted by Gasteiger charge is -2.26. The normalized spacial score (nSPS) is 15.6. The van der Waals surface area contributed by atoms with Gasteiger partial charge >= 0.3 is 0 Å². The highest BCUT2D eigenvalue weighted by Crippen LogP contribution is 2.36. The zero-order chi connectivity index (χ0) is 20.2. The van der Waals surface area contributed by atoms with Crippen molar-refractivity contribution in [3.8, 4) is 0 Å². The summed E-state index contributed by atoms with van der Waals surface area (Å²) in [5.41, 5.74) is 1.40. The highest BCUT2D eigenvalue weighted by molar-refractivity contribution is 7.99. The van der Waals surface area contributed by atoms with E-state index < -0.39 is 0 Å². The molecule has 0 aromatic heterocycles. The number of rotatable bonds is 5. The minimum Gasteiger partial charge on any atom is -0.352 e. The van der Waals surface area contributed by atoms with Crippen LogP contribution in [0.4, 0.5) is 4.39 Å². The maximum atomic E-state index is 13.6. The predicted octanol–water partition coefficient (Wildman–Crippen LogP) is 4.45. The molecule has 6 heteroatoms. The second-order valence-corrected chi connectivity index (χ2v) is 8.14. The molecule has 4 rings (SSSR count). The zero-order valence-corrected chi connectivity index (χ0v) is 16.6. The van der Waals surface area contributed by atoms with Crippen LogP contribution in [0.3, 0.4) is 0 Å². The molecule has 1 atom stereocenters. The molecule has 4 nitrogen and oxygen atoms in total. The first-order valence-electron chi connectivity index (χ1n) is 9.59. The van der Waals surface area contributed by atoms with Crippen LogP contribution >= 0.6 is 11.8 Å². The molecule has 29 heavy (non-hydrogen) atoms.